The van der Waals surface area contributed by atoms with E-state index in [1.54, 1.807) is 12.1 Å². The van der Waals surface area contributed by atoms with Gasteiger partial charge in [0.15, 0.2) is 0 Å². The molecule has 0 atom stereocenters. The molecular formula is C10H11NO. The highest BCUT2D eigenvalue weighted by molar-refractivity contribution is 5.83. The third-order valence-corrected chi connectivity index (χ3v) is 1.73. The van der Waals surface area contributed by atoms with Crippen molar-refractivity contribution in [2.24, 2.45) is 0 Å². The van der Waals surface area contributed by atoms with E-state index in [0.29, 0.717) is 5.75 Å². The van der Waals surface area contributed by atoms with Crippen LogP contribution in [0.3, 0.4) is 0 Å². The minimum absolute atomic E-state index is 0. The molecule has 0 radical (unpaired) electrons. The number of hydrogen-bond acceptors (Lipinski definition) is 2. The molecule has 4 N–H and O–H groups in total. The van der Waals surface area contributed by atoms with Crippen molar-refractivity contribution in [1.82, 2.24) is 6.15 Å². The van der Waals surface area contributed by atoms with Crippen LogP contribution in [0.5, 0.6) is 5.75 Å². The molecule has 0 aliphatic rings. The summed E-state index contributed by atoms with van der Waals surface area (Å²) in [6, 6.07) is 13.3. The summed E-state index contributed by atoms with van der Waals surface area (Å²) in [4.78, 5) is 0. The van der Waals surface area contributed by atoms with Crippen LogP contribution in [0.25, 0.3) is 10.8 Å². The van der Waals surface area contributed by atoms with Gasteiger partial charge < -0.3 is 11.3 Å². The molecule has 62 valence electrons. The maximum Gasteiger partial charge on any atom is 0.116 e. The second kappa shape index (κ2) is 3.24. The Kier molecular flexibility index (Phi) is 2.31. The van der Waals surface area contributed by atoms with Crippen molar-refractivity contribution in [2.75, 3.05) is 0 Å². The fourth-order valence-electron chi connectivity index (χ4n) is 1.18. The minimum Gasteiger partial charge on any atom is -0.508 e. The molecule has 2 aromatic rings. The van der Waals surface area contributed by atoms with Gasteiger partial charge in [0.25, 0.3) is 0 Å². The minimum atomic E-state index is 0. The number of phenolic OH excluding ortho intramolecular Hbond substituents is 1. The molecule has 0 saturated heterocycles. The fourth-order valence-corrected chi connectivity index (χ4v) is 1.18. The fraction of sp³-hybridized carbons (Fsp3) is 0. The van der Waals surface area contributed by atoms with Crippen LogP contribution in [-0.2, 0) is 0 Å². The Morgan fingerprint density at radius 3 is 2.25 bits per heavy atom. The second-order valence-electron chi connectivity index (χ2n) is 2.53. The molecule has 2 aromatic carbocycles. The molecule has 2 heteroatoms. The molecule has 0 spiro atoms. The number of benzene rings is 2. The van der Waals surface area contributed by atoms with Crippen LogP contribution in [0.2, 0.25) is 0 Å². The van der Waals surface area contributed by atoms with Gasteiger partial charge in [-0.05, 0) is 22.9 Å². The van der Waals surface area contributed by atoms with E-state index in [1.165, 1.54) is 0 Å². The highest BCUT2D eigenvalue weighted by Crippen LogP contribution is 2.18. The summed E-state index contributed by atoms with van der Waals surface area (Å²) in [6.07, 6.45) is 0. The van der Waals surface area contributed by atoms with E-state index < -0.39 is 0 Å². The normalized spacial score (nSPS) is 9.33. The van der Waals surface area contributed by atoms with Gasteiger partial charge in [0.05, 0.1) is 0 Å². The number of hydrogen-bond donors (Lipinski definition) is 2. The number of rotatable bonds is 0. The zero-order valence-electron chi connectivity index (χ0n) is 6.70. The third kappa shape index (κ3) is 1.38. The molecule has 0 aliphatic carbocycles. The zero-order valence-corrected chi connectivity index (χ0v) is 6.70. The van der Waals surface area contributed by atoms with Crippen molar-refractivity contribution in [3.63, 3.8) is 0 Å². The summed E-state index contributed by atoms with van der Waals surface area (Å²) in [7, 11) is 0. The molecule has 0 saturated carbocycles. The average Bonchev–Trinajstić information content (AvgIpc) is 2.04. The molecule has 0 aromatic heterocycles. The Morgan fingerprint density at radius 1 is 0.833 bits per heavy atom. The van der Waals surface area contributed by atoms with Gasteiger partial charge in [-0.3, -0.25) is 0 Å². The molecule has 12 heavy (non-hydrogen) atoms. The van der Waals surface area contributed by atoms with Gasteiger partial charge >= 0.3 is 0 Å². The van der Waals surface area contributed by atoms with Crippen molar-refractivity contribution in [3.05, 3.63) is 42.5 Å². The smallest absolute Gasteiger partial charge is 0.116 e. The Labute approximate surface area is 71.0 Å². The summed E-state index contributed by atoms with van der Waals surface area (Å²) < 4.78 is 0. The van der Waals surface area contributed by atoms with Gasteiger partial charge in [-0.1, -0.05) is 30.3 Å². The first-order valence-electron chi connectivity index (χ1n) is 3.54. The van der Waals surface area contributed by atoms with Gasteiger partial charge in [-0.15, -0.1) is 0 Å². The van der Waals surface area contributed by atoms with Gasteiger partial charge in [0.1, 0.15) is 5.75 Å². The average molecular weight is 161 g/mol. The van der Waals surface area contributed by atoms with E-state index in [-0.39, 0.29) is 6.15 Å². The van der Waals surface area contributed by atoms with E-state index in [1.807, 2.05) is 30.3 Å². The van der Waals surface area contributed by atoms with E-state index in [0.717, 1.165) is 10.8 Å². The monoisotopic (exact) mass is 161 g/mol. The van der Waals surface area contributed by atoms with Crippen molar-refractivity contribution >= 4 is 10.8 Å². The van der Waals surface area contributed by atoms with E-state index in [4.69, 9.17) is 5.11 Å². The largest absolute Gasteiger partial charge is 0.508 e. The molecule has 0 unspecified atom stereocenters. The first kappa shape index (κ1) is 8.56. The summed E-state index contributed by atoms with van der Waals surface area (Å²) in [5.41, 5.74) is 0. The Balaban J connectivity index is 0.000000720. The highest BCUT2D eigenvalue weighted by atomic mass is 16.3. The molecule has 0 heterocycles. The summed E-state index contributed by atoms with van der Waals surface area (Å²) in [5.74, 6) is 0.323. The Hall–Kier alpha value is -1.54. The van der Waals surface area contributed by atoms with Crippen molar-refractivity contribution in [1.29, 1.82) is 0 Å². The van der Waals surface area contributed by atoms with Crippen LogP contribution in [0.4, 0.5) is 0 Å². The lowest BCUT2D eigenvalue weighted by atomic mass is 10.1. The summed E-state index contributed by atoms with van der Waals surface area (Å²) in [6.45, 7) is 0. The zero-order chi connectivity index (χ0) is 7.68. The van der Waals surface area contributed by atoms with Crippen LogP contribution in [0, 0.1) is 0 Å². The van der Waals surface area contributed by atoms with E-state index in [9.17, 15) is 0 Å². The van der Waals surface area contributed by atoms with Gasteiger partial charge in [0, 0.05) is 0 Å². The summed E-state index contributed by atoms with van der Waals surface area (Å²) in [5, 5.41) is 11.4. The lowest BCUT2D eigenvalue weighted by Gasteiger charge is -1.96. The topological polar surface area (TPSA) is 55.2 Å². The molecule has 2 rings (SSSR count). The predicted octanol–water partition coefficient (Wildman–Crippen LogP) is 2.71. The molecule has 0 fully saturated rings. The molecular weight excluding hydrogens is 150 g/mol. The van der Waals surface area contributed by atoms with Crippen LogP contribution >= 0.6 is 0 Å². The maximum atomic E-state index is 9.13. The predicted molar refractivity (Wildman–Crippen MR) is 50.6 cm³/mol. The maximum absolute atomic E-state index is 9.13. The van der Waals surface area contributed by atoms with Crippen molar-refractivity contribution in [3.8, 4) is 5.75 Å². The second-order valence-corrected chi connectivity index (χ2v) is 2.53. The van der Waals surface area contributed by atoms with Gasteiger partial charge in [0.2, 0.25) is 0 Å². The van der Waals surface area contributed by atoms with Crippen LogP contribution in [0.1, 0.15) is 0 Å². The molecule has 0 amide bonds. The summed E-state index contributed by atoms with van der Waals surface area (Å²) >= 11 is 0. The quantitative estimate of drug-likeness (QED) is 0.624. The van der Waals surface area contributed by atoms with E-state index >= 15 is 0 Å². The van der Waals surface area contributed by atoms with Crippen molar-refractivity contribution < 1.29 is 5.11 Å². The third-order valence-electron chi connectivity index (χ3n) is 1.73. The SMILES string of the molecule is N.Oc1ccc2ccccc2c1. The number of phenols is 1. The van der Waals surface area contributed by atoms with Crippen LogP contribution < -0.4 is 6.15 Å². The van der Waals surface area contributed by atoms with Gasteiger partial charge in [-0.2, -0.15) is 0 Å². The molecule has 2 nitrogen and oxygen atoms in total. The molecule has 0 bridgehead atoms. The van der Waals surface area contributed by atoms with Crippen molar-refractivity contribution in [2.45, 2.75) is 0 Å². The lowest BCUT2D eigenvalue weighted by Crippen LogP contribution is -1.69. The first-order valence-corrected chi connectivity index (χ1v) is 3.54. The Morgan fingerprint density at radius 2 is 1.50 bits per heavy atom. The Bertz CT molecular complexity index is 384. The first-order chi connectivity index (χ1) is 5.36. The number of fused-ring (bicyclic) bond motifs is 1. The van der Waals surface area contributed by atoms with Crippen LogP contribution in [-0.4, -0.2) is 5.11 Å². The van der Waals surface area contributed by atoms with Crippen LogP contribution in [0.15, 0.2) is 42.5 Å². The highest BCUT2D eigenvalue weighted by Gasteiger charge is 1.91. The van der Waals surface area contributed by atoms with Gasteiger partial charge in [-0.25, -0.2) is 0 Å². The lowest BCUT2D eigenvalue weighted by molar-refractivity contribution is 0.476. The number of aromatic hydroxyl groups is 1. The molecule has 0 aliphatic heterocycles. The standard InChI is InChI=1S/C10H8O.H3N/c11-10-6-5-8-3-1-2-4-9(8)7-10;/h1-7,11H;1H3. The van der Waals surface area contributed by atoms with E-state index in [2.05, 4.69) is 0 Å².